The quantitative estimate of drug-likeness (QED) is 0.307. The number of nitrogens with one attached hydrogen (secondary N) is 1. The molecule has 144 valence electrons. The highest BCUT2D eigenvalue weighted by molar-refractivity contribution is 14.0. The van der Waals surface area contributed by atoms with Crippen molar-refractivity contribution in [2.45, 2.75) is 26.5 Å². The summed E-state index contributed by atoms with van der Waals surface area (Å²) in [6, 6.07) is 13.2. The third-order valence-corrected chi connectivity index (χ3v) is 4.13. The van der Waals surface area contributed by atoms with Gasteiger partial charge in [-0.15, -0.1) is 24.0 Å². The van der Waals surface area contributed by atoms with Crippen LogP contribution in [-0.2, 0) is 13.6 Å². The minimum Gasteiger partial charge on any atom is -0.491 e. The molecule has 0 aliphatic rings. The number of nitrogens with two attached hydrogens (primary N) is 1. The van der Waals surface area contributed by atoms with Crippen LogP contribution in [0.1, 0.15) is 19.7 Å². The molecule has 1 aromatic heterocycles. The lowest BCUT2D eigenvalue weighted by atomic mass is 10.3. The van der Waals surface area contributed by atoms with Gasteiger partial charge < -0.3 is 20.4 Å². The summed E-state index contributed by atoms with van der Waals surface area (Å²) < 4.78 is 7.56. The first-order chi connectivity index (χ1) is 12.4. The van der Waals surface area contributed by atoms with Crippen molar-refractivity contribution in [3.8, 4) is 5.75 Å². The zero-order valence-corrected chi connectivity index (χ0v) is 18.5. The predicted octanol–water partition coefficient (Wildman–Crippen LogP) is 4.56. The highest BCUT2D eigenvalue weighted by atomic mass is 127. The van der Waals surface area contributed by atoms with Crippen LogP contribution in [0.2, 0.25) is 5.02 Å². The number of hydrogen-bond acceptors (Lipinski definition) is 3. The van der Waals surface area contributed by atoms with Crippen LogP contribution < -0.4 is 15.8 Å². The summed E-state index contributed by atoms with van der Waals surface area (Å²) in [4.78, 5) is 8.93. The van der Waals surface area contributed by atoms with Crippen LogP contribution in [0.4, 0.5) is 5.69 Å². The first-order valence-electron chi connectivity index (χ1n) is 8.37. The third kappa shape index (κ3) is 5.26. The SMILES string of the molecule is CC(C)Oc1ccc(NC(N)=NCc2nc3cccc(Cl)c3n2C)cc1.I. The number of aliphatic imine (C=N–C) groups is 1. The van der Waals surface area contributed by atoms with Gasteiger partial charge in [0.15, 0.2) is 5.96 Å². The average molecular weight is 500 g/mol. The minimum atomic E-state index is 0. The summed E-state index contributed by atoms with van der Waals surface area (Å²) >= 11 is 6.25. The number of guanidine groups is 1. The van der Waals surface area contributed by atoms with Gasteiger partial charge in [-0.25, -0.2) is 9.98 Å². The molecule has 1 heterocycles. The van der Waals surface area contributed by atoms with Crippen LogP contribution in [0.25, 0.3) is 11.0 Å². The molecule has 3 rings (SSSR count). The average Bonchev–Trinajstić information content (AvgIpc) is 2.92. The van der Waals surface area contributed by atoms with Gasteiger partial charge in [0.1, 0.15) is 18.1 Å². The Labute approximate surface area is 180 Å². The molecule has 0 aliphatic heterocycles. The summed E-state index contributed by atoms with van der Waals surface area (Å²) in [7, 11) is 1.92. The second-order valence-corrected chi connectivity index (χ2v) is 6.62. The van der Waals surface area contributed by atoms with Gasteiger partial charge >= 0.3 is 0 Å². The number of benzene rings is 2. The van der Waals surface area contributed by atoms with Crippen LogP contribution >= 0.6 is 35.6 Å². The second-order valence-electron chi connectivity index (χ2n) is 6.21. The summed E-state index contributed by atoms with van der Waals surface area (Å²) in [5.41, 5.74) is 8.57. The smallest absolute Gasteiger partial charge is 0.193 e. The summed E-state index contributed by atoms with van der Waals surface area (Å²) in [5, 5.41) is 3.74. The second kappa shape index (κ2) is 9.27. The van der Waals surface area contributed by atoms with E-state index >= 15 is 0 Å². The van der Waals surface area contributed by atoms with Gasteiger partial charge in [0.05, 0.1) is 22.2 Å². The number of nitrogens with zero attached hydrogens (tertiary/aromatic N) is 3. The summed E-state index contributed by atoms with van der Waals surface area (Å²) in [6.45, 7) is 4.34. The van der Waals surface area contributed by atoms with Crippen LogP contribution in [0.5, 0.6) is 5.75 Å². The molecular formula is C19H23ClIN5O. The fraction of sp³-hybridized carbons (Fsp3) is 0.263. The zero-order valence-electron chi connectivity index (χ0n) is 15.4. The lowest BCUT2D eigenvalue weighted by Crippen LogP contribution is -2.22. The first-order valence-corrected chi connectivity index (χ1v) is 8.75. The van der Waals surface area contributed by atoms with Gasteiger partial charge in [-0.1, -0.05) is 17.7 Å². The highest BCUT2D eigenvalue weighted by Crippen LogP contribution is 2.23. The molecule has 0 saturated carbocycles. The van der Waals surface area contributed by atoms with E-state index in [1.54, 1.807) is 0 Å². The molecule has 2 aromatic carbocycles. The maximum atomic E-state index is 6.25. The number of aromatic nitrogens is 2. The molecule has 0 spiro atoms. The predicted molar refractivity (Wildman–Crippen MR) is 122 cm³/mol. The van der Waals surface area contributed by atoms with Crippen LogP contribution in [0.15, 0.2) is 47.5 Å². The van der Waals surface area contributed by atoms with Crippen LogP contribution in [0, 0.1) is 0 Å². The molecule has 3 aromatic rings. The first kappa shape index (κ1) is 21.3. The van der Waals surface area contributed by atoms with Gasteiger partial charge in [-0.3, -0.25) is 0 Å². The molecule has 3 N–H and O–H groups in total. The largest absolute Gasteiger partial charge is 0.491 e. The van der Waals surface area contributed by atoms with E-state index in [1.165, 1.54) is 0 Å². The molecule has 0 fully saturated rings. The molecular weight excluding hydrogens is 477 g/mol. The Morgan fingerprint density at radius 1 is 1.26 bits per heavy atom. The topological polar surface area (TPSA) is 77.5 Å². The van der Waals surface area contributed by atoms with Crippen LogP contribution in [0.3, 0.4) is 0 Å². The van der Waals surface area contributed by atoms with Gasteiger partial charge in [0, 0.05) is 12.7 Å². The molecule has 0 amide bonds. The molecule has 0 unspecified atom stereocenters. The Hall–Kier alpha value is -2.00. The number of rotatable bonds is 5. The molecule has 0 atom stereocenters. The lowest BCUT2D eigenvalue weighted by molar-refractivity contribution is 0.242. The van der Waals surface area contributed by atoms with Gasteiger partial charge in [0.25, 0.3) is 0 Å². The Kier molecular flexibility index (Phi) is 7.32. The van der Waals surface area contributed by atoms with E-state index in [4.69, 9.17) is 22.1 Å². The number of fused-ring (bicyclic) bond motifs is 1. The van der Waals surface area contributed by atoms with Crippen molar-refractivity contribution in [2.24, 2.45) is 17.8 Å². The lowest BCUT2D eigenvalue weighted by Gasteiger charge is -2.11. The summed E-state index contributed by atoms with van der Waals surface area (Å²) in [5.74, 6) is 1.93. The van der Waals surface area contributed by atoms with E-state index < -0.39 is 0 Å². The fourth-order valence-electron chi connectivity index (χ4n) is 2.64. The van der Waals surface area contributed by atoms with E-state index in [0.717, 1.165) is 28.3 Å². The van der Waals surface area contributed by atoms with E-state index in [1.807, 2.05) is 67.9 Å². The Bertz CT molecular complexity index is 937. The normalized spacial score (nSPS) is 11.5. The Morgan fingerprint density at radius 2 is 1.96 bits per heavy atom. The van der Waals surface area contributed by atoms with Gasteiger partial charge in [0.2, 0.25) is 0 Å². The molecule has 27 heavy (non-hydrogen) atoms. The summed E-state index contributed by atoms with van der Waals surface area (Å²) in [6.07, 6.45) is 0.141. The van der Waals surface area contributed by atoms with E-state index in [9.17, 15) is 0 Å². The highest BCUT2D eigenvalue weighted by Gasteiger charge is 2.10. The van der Waals surface area contributed by atoms with Gasteiger partial charge in [-0.2, -0.15) is 0 Å². The van der Waals surface area contributed by atoms with E-state index in [2.05, 4.69) is 15.3 Å². The number of anilines is 1. The van der Waals surface area contributed by atoms with Crippen molar-refractivity contribution in [2.75, 3.05) is 5.32 Å². The number of hydrogen-bond donors (Lipinski definition) is 2. The van der Waals surface area contributed by atoms with E-state index in [0.29, 0.717) is 17.5 Å². The molecule has 6 nitrogen and oxygen atoms in total. The fourth-order valence-corrected chi connectivity index (χ4v) is 2.94. The molecule has 0 bridgehead atoms. The van der Waals surface area contributed by atoms with Crippen molar-refractivity contribution in [3.05, 3.63) is 53.3 Å². The molecule has 0 aliphatic carbocycles. The number of aryl methyl sites for hydroxylation is 1. The van der Waals surface area contributed by atoms with Crippen molar-refractivity contribution < 1.29 is 4.74 Å². The number of imidazole rings is 1. The third-order valence-electron chi connectivity index (χ3n) is 3.83. The zero-order chi connectivity index (χ0) is 18.7. The minimum absolute atomic E-state index is 0. The number of para-hydroxylation sites is 1. The van der Waals surface area contributed by atoms with Crippen molar-refractivity contribution in [1.82, 2.24) is 9.55 Å². The molecule has 0 saturated heterocycles. The maximum Gasteiger partial charge on any atom is 0.193 e. The standard InChI is InChI=1S/C19H22ClN5O.HI/c1-12(2)26-14-9-7-13(8-10-14)23-19(21)22-11-17-24-16-6-4-5-15(20)18(16)25(17)3;/h4-10,12H,11H2,1-3H3,(H3,21,22,23);1H. The van der Waals surface area contributed by atoms with Crippen LogP contribution in [-0.4, -0.2) is 21.6 Å². The Morgan fingerprint density at radius 3 is 2.59 bits per heavy atom. The molecule has 0 radical (unpaired) electrons. The van der Waals surface area contributed by atoms with Crippen molar-refractivity contribution in [1.29, 1.82) is 0 Å². The maximum absolute atomic E-state index is 6.25. The Balaban J connectivity index is 0.00000261. The van der Waals surface area contributed by atoms with E-state index in [-0.39, 0.29) is 30.1 Å². The number of ether oxygens (including phenoxy) is 1. The number of halogens is 2. The molecule has 8 heteroatoms. The van der Waals surface area contributed by atoms with Crippen molar-refractivity contribution >= 4 is 58.3 Å². The van der Waals surface area contributed by atoms with Crippen molar-refractivity contribution in [3.63, 3.8) is 0 Å². The van der Waals surface area contributed by atoms with Gasteiger partial charge in [-0.05, 0) is 50.2 Å². The monoisotopic (exact) mass is 499 g/mol.